The van der Waals surface area contributed by atoms with Crippen molar-refractivity contribution in [2.24, 2.45) is 0 Å². The van der Waals surface area contributed by atoms with Crippen molar-refractivity contribution >= 4 is 0 Å². The summed E-state index contributed by atoms with van der Waals surface area (Å²) in [5.41, 5.74) is 1.58. The highest BCUT2D eigenvalue weighted by atomic mass is 16.6. The fourth-order valence-electron chi connectivity index (χ4n) is 2.59. The Morgan fingerprint density at radius 3 is 2.93 bits per heavy atom. The maximum atomic E-state index is 5.69. The summed E-state index contributed by atoms with van der Waals surface area (Å²) < 4.78 is 5.69. The number of ether oxygens (including phenoxy) is 1. The molecule has 2 heteroatoms. The monoisotopic (exact) mass is 203 g/mol. The lowest BCUT2D eigenvalue weighted by atomic mass is 10.00. The Hall–Kier alpha value is -0.860. The predicted octanol–water partition coefficient (Wildman–Crippen LogP) is 2.05. The molecule has 0 N–H and O–H groups in total. The maximum Gasteiger partial charge on any atom is 0.105 e. The van der Waals surface area contributed by atoms with Crippen LogP contribution >= 0.6 is 0 Å². The Bertz CT molecular complexity index is 351. The standard InChI is InChI=1S/C13H17NO/c1-13-10-14(8-7-12(13)15-13)9-11-5-3-2-4-6-11/h2-6,12H,7-10H2,1H3. The van der Waals surface area contributed by atoms with Gasteiger partial charge in [0.1, 0.15) is 5.60 Å². The van der Waals surface area contributed by atoms with Gasteiger partial charge in [0, 0.05) is 19.6 Å². The smallest absolute Gasteiger partial charge is 0.105 e. The largest absolute Gasteiger partial charge is 0.365 e. The molecular weight excluding hydrogens is 186 g/mol. The fourth-order valence-corrected chi connectivity index (χ4v) is 2.59. The molecular formula is C13H17NO. The van der Waals surface area contributed by atoms with E-state index in [9.17, 15) is 0 Å². The Balaban J connectivity index is 1.64. The van der Waals surface area contributed by atoms with E-state index in [2.05, 4.69) is 42.2 Å². The summed E-state index contributed by atoms with van der Waals surface area (Å²) in [6, 6.07) is 10.7. The van der Waals surface area contributed by atoms with E-state index in [4.69, 9.17) is 4.74 Å². The predicted molar refractivity (Wildman–Crippen MR) is 59.6 cm³/mol. The molecule has 0 amide bonds. The fraction of sp³-hybridized carbons (Fsp3) is 0.538. The van der Waals surface area contributed by atoms with Crippen LogP contribution in [0.5, 0.6) is 0 Å². The molecule has 15 heavy (non-hydrogen) atoms. The van der Waals surface area contributed by atoms with Gasteiger partial charge in [-0.2, -0.15) is 0 Å². The molecule has 2 atom stereocenters. The second kappa shape index (κ2) is 3.32. The van der Waals surface area contributed by atoms with Crippen molar-refractivity contribution in [1.82, 2.24) is 4.90 Å². The van der Waals surface area contributed by atoms with Crippen LogP contribution in [0, 0.1) is 0 Å². The molecule has 2 saturated heterocycles. The highest BCUT2D eigenvalue weighted by Gasteiger charge is 2.55. The van der Waals surface area contributed by atoms with Crippen LogP contribution in [0.3, 0.4) is 0 Å². The van der Waals surface area contributed by atoms with Crippen molar-refractivity contribution in [1.29, 1.82) is 0 Å². The third kappa shape index (κ3) is 1.80. The van der Waals surface area contributed by atoms with Gasteiger partial charge < -0.3 is 4.74 Å². The number of likely N-dealkylation sites (tertiary alicyclic amines) is 1. The number of hydrogen-bond acceptors (Lipinski definition) is 2. The summed E-state index contributed by atoms with van der Waals surface area (Å²) in [5, 5.41) is 0. The number of epoxide rings is 1. The van der Waals surface area contributed by atoms with Crippen molar-refractivity contribution < 1.29 is 4.74 Å². The second-order valence-corrected chi connectivity index (χ2v) is 4.90. The molecule has 2 fully saturated rings. The molecule has 1 aromatic rings. The van der Waals surface area contributed by atoms with E-state index < -0.39 is 0 Å². The highest BCUT2D eigenvalue weighted by Crippen LogP contribution is 2.42. The van der Waals surface area contributed by atoms with E-state index in [1.165, 1.54) is 18.5 Å². The van der Waals surface area contributed by atoms with Crippen LogP contribution in [-0.4, -0.2) is 29.7 Å². The third-order valence-electron chi connectivity index (χ3n) is 3.53. The van der Waals surface area contributed by atoms with Crippen LogP contribution in [0.1, 0.15) is 18.9 Å². The third-order valence-corrected chi connectivity index (χ3v) is 3.53. The summed E-state index contributed by atoms with van der Waals surface area (Å²) in [7, 11) is 0. The molecule has 0 bridgehead atoms. The van der Waals surface area contributed by atoms with E-state index in [0.717, 1.165) is 13.1 Å². The van der Waals surface area contributed by atoms with Crippen LogP contribution in [0.25, 0.3) is 0 Å². The zero-order valence-corrected chi connectivity index (χ0v) is 9.15. The van der Waals surface area contributed by atoms with E-state index >= 15 is 0 Å². The molecule has 3 rings (SSSR count). The normalized spacial score (nSPS) is 34.9. The molecule has 0 radical (unpaired) electrons. The van der Waals surface area contributed by atoms with Gasteiger partial charge in [-0.1, -0.05) is 30.3 Å². The van der Waals surface area contributed by atoms with E-state index in [1.54, 1.807) is 0 Å². The van der Waals surface area contributed by atoms with Gasteiger partial charge in [0.25, 0.3) is 0 Å². The van der Waals surface area contributed by atoms with Crippen LogP contribution in [-0.2, 0) is 11.3 Å². The first-order valence-corrected chi connectivity index (χ1v) is 5.70. The van der Waals surface area contributed by atoms with Gasteiger partial charge in [-0.3, -0.25) is 4.90 Å². The minimum atomic E-state index is 0.174. The molecule has 0 aliphatic carbocycles. The summed E-state index contributed by atoms with van der Waals surface area (Å²) in [6.45, 7) is 5.56. The van der Waals surface area contributed by atoms with Crippen molar-refractivity contribution in [3.8, 4) is 0 Å². The van der Waals surface area contributed by atoms with Crippen molar-refractivity contribution in [3.63, 3.8) is 0 Å². The average molecular weight is 203 g/mol. The lowest BCUT2D eigenvalue weighted by Gasteiger charge is -2.27. The van der Waals surface area contributed by atoms with Crippen LogP contribution in [0.4, 0.5) is 0 Å². The highest BCUT2D eigenvalue weighted by molar-refractivity contribution is 5.15. The van der Waals surface area contributed by atoms with Gasteiger partial charge >= 0.3 is 0 Å². The van der Waals surface area contributed by atoms with E-state index in [-0.39, 0.29) is 5.60 Å². The quantitative estimate of drug-likeness (QED) is 0.684. The topological polar surface area (TPSA) is 15.8 Å². The van der Waals surface area contributed by atoms with E-state index in [0.29, 0.717) is 6.10 Å². The number of rotatable bonds is 2. The zero-order valence-electron chi connectivity index (χ0n) is 9.15. The maximum absolute atomic E-state index is 5.69. The van der Waals surface area contributed by atoms with Crippen molar-refractivity contribution in [2.75, 3.05) is 13.1 Å². The summed E-state index contributed by atoms with van der Waals surface area (Å²) in [5.74, 6) is 0. The molecule has 0 spiro atoms. The molecule has 0 aromatic heterocycles. The molecule has 0 saturated carbocycles. The van der Waals surface area contributed by atoms with Crippen molar-refractivity contribution in [3.05, 3.63) is 35.9 Å². The Kier molecular flexibility index (Phi) is 2.08. The molecule has 2 unspecified atom stereocenters. The molecule has 1 aromatic carbocycles. The van der Waals surface area contributed by atoms with Crippen LogP contribution in [0.2, 0.25) is 0 Å². The lowest BCUT2D eigenvalue weighted by Crippen LogP contribution is -2.39. The van der Waals surface area contributed by atoms with E-state index in [1.807, 2.05) is 0 Å². The second-order valence-electron chi connectivity index (χ2n) is 4.90. The minimum absolute atomic E-state index is 0.174. The Labute approximate surface area is 90.8 Å². The number of piperidine rings is 1. The van der Waals surface area contributed by atoms with Gasteiger partial charge in [-0.15, -0.1) is 0 Å². The average Bonchev–Trinajstić information content (AvgIpc) is 2.90. The Morgan fingerprint density at radius 1 is 1.40 bits per heavy atom. The van der Waals surface area contributed by atoms with Crippen LogP contribution < -0.4 is 0 Å². The lowest BCUT2D eigenvalue weighted by molar-refractivity contribution is 0.193. The number of fused-ring (bicyclic) bond motifs is 1. The first kappa shape index (κ1) is 9.37. The molecule has 2 aliphatic heterocycles. The number of benzene rings is 1. The number of nitrogens with zero attached hydrogens (tertiary/aromatic N) is 1. The zero-order chi connectivity index (χ0) is 10.3. The minimum Gasteiger partial charge on any atom is -0.365 e. The first-order chi connectivity index (χ1) is 7.26. The number of hydrogen-bond donors (Lipinski definition) is 0. The summed E-state index contributed by atoms with van der Waals surface area (Å²) in [4.78, 5) is 2.50. The van der Waals surface area contributed by atoms with Gasteiger partial charge in [0.15, 0.2) is 0 Å². The SMILES string of the molecule is CC12CN(Cc3ccccc3)CCC1O2. The summed E-state index contributed by atoms with van der Waals surface area (Å²) >= 11 is 0. The molecule has 80 valence electrons. The molecule has 2 aliphatic rings. The van der Waals surface area contributed by atoms with Gasteiger partial charge in [-0.25, -0.2) is 0 Å². The Morgan fingerprint density at radius 2 is 2.20 bits per heavy atom. The van der Waals surface area contributed by atoms with Gasteiger partial charge in [0.2, 0.25) is 0 Å². The van der Waals surface area contributed by atoms with Crippen molar-refractivity contribution in [2.45, 2.75) is 31.6 Å². The molecule has 2 nitrogen and oxygen atoms in total. The molecule has 2 heterocycles. The van der Waals surface area contributed by atoms with Gasteiger partial charge in [0.05, 0.1) is 6.10 Å². The van der Waals surface area contributed by atoms with Crippen LogP contribution in [0.15, 0.2) is 30.3 Å². The first-order valence-electron chi connectivity index (χ1n) is 5.70. The summed E-state index contributed by atoms with van der Waals surface area (Å²) in [6.07, 6.45) is 1.74. The van der Waals surface area contributed by atoms with Gasteiger partial charge in [-0.05, 0) is 18.9 Å².